The van der Waals surface area contributed by atoms with Gasteiger partial charge in [-0.05, 0) is 38.5 Å². The molecule has 1 aromatic carbocycles. The van der Waals surface area contributed by atoms with Crippen LogP contribution in [0.4, 0.5) is 4.39 Å². The summed E-state index contributed by atoms with van der Waals surface area (Å²) in [6.07, 6.45) is -1.86. The van der Waals surface area contributed by atoms with Crippen molar-refractivity contribution in [3.63, 3.8) is 0 Å². The lowest BCUT2D eigenvalue weighted by Gasteiger charge is -2.18. The Morgan fingerprint density at radius 3 is 2.25 bits per heavy atom. The smallest absolute Gasteiger partial charge is 0.165 e. The Morgan fingerprint density at radius 2 is 1.81 bits per heavy atom. The molecule has 0 spiro atoms. The Morgan fingerprint density at radius 1 is 1.19 bits per heavy atom. The minimum Gasteiger partial charge on any atom is -0.485 e. The first-order valence-electron chi connectivity index (χ1n) is 5.24. The van der Waals surface area contributed by atoms with Gasteiger partial charge in [-0.1, -0.05) is 6.07 Å². The fraction of sp³-hybridized carbons (Fsp3) is 0.500. The number of hydrogen-bond acceptors (Lipinski definition) is 3. The van der Waals surface area contributed by atoms with Crippen molar-refractivity contribution in [1.29, 1.82) is 0 Å². The van der Waals surface area contributed by atoms with Crippen molar-refractivity contribution in [2.24, 2.45) is 0 Å². The molecule has 1 rings (SSSR count). The van der Waals surface area contributed by atoms with E-state index in [1.54, 1.807) is 26.8 Å². The quantitative estimate of drug-likeness (QED) is 0.829. The summed E-state index contributed by atoms with van der Waals surface area (Å²) in [6, 6.07) is 4.28. The molecule has 0 saturated heterocycles. The minimum absolute atomic E-state index is 0.0813. The van der Waals surface area contributed by atoms with E-state index in [9.17, 15) is 14.6 Å². The van der Waals surface area contributed by atoms with E-state index in [1.807, 2.05) is 0 Å². The topological polar surface area (TPSA) is 49.7 Å². The summed E-state index contributed by atoms with van der Waals surface area (Å²) in [5.41, 5.74) is 0.495. The van der Waals surface area contributed by atoms with E-state index in [1.165, 1.54) is 12.1 Å². The molecule has 0 bridgehead atoms. The highest BCUT2D eigenvalue weighted by Gasteiger charge is 2.14. The van der Waals surface area contributed by atoms with Crippen LogP contribution in [0.5, 0.6) is 5.75 Å². The molecule has 0 heterocycles. The Balaban J connectivity index is 2.83. The Hall–Kier alpha value is -1.13. The number of aliphatic hydroxyl groups is 2. The molecule has 4 heteroatoms. The van der Waals surface area contributed by atoms with Crippen LogP contribution in [0.1, 0.15) is 32.4 Å². The number of aliphatic hydroxyl groups excluding tert-OH is 2. The predicted molar refractivity (Wildman–Crippen MR) is 58.8 cm³/mol. The zero-order valence-corrected chi connectivity index (χ0v) is 9.64. The monoisotopic (exact) mass is 228 g/mol. The Kier molecular flexibility index (Phi) is 4.26. The molecule has 0 aliphatic rings. The molecule has 0 amide bonds. The van der Waals surface area contributed by atoms with Gasteiger partial charge in [-0.3, -0.25) is 0 Å². The zero-order chi connectivity index (χ0) is 12.3. The maximum absolute atomic E-state index is 13.5. The molecule has 0 radical (unpaired) electrons. The van der Waals surface area contributed by atoms with E-state index in [-0.39, 0.29) is 5.75 Å². The fourth-order valence-electron chi connectivity index (χ4n) is 1.17. The lowest BCUT2D eigenvalue weighted by Crippen LogP contribution is -2.25. The van der Waals surface area contributed by atoms with Crippen LogP contribution in [-0.4, -0.2) is 22.4 Å². The van der Waals surface area contributed by atoms with E-state index >= 15 is 0 Å². The van der Waals surface area contributed by atoms with Gasteiger partial charge in [0.1, 0.15) is 6.10 Å². The van der Waals surface area contributed by atoms with Gasteiger partial charge in [-0.15, -0.1) is 0 Å². The average molecular weight is 228 g/mol. The van der Waals surface area contributed by atoms with Crippen LogP contribution in [-0.2, 0) is 0 Å². The van der Waals surface area contributed by atoms with Crippen LogP contribution >= 0.6 is 0 Å². The van der Waals surface area contributed by atoms with Gasteiger partial charge >= 0.3 is 0 Å². The largest absolute Gasteiger partial charge is 0.485 e. The summed E-state index contributed by atoms with van der Waals surface area (Å²) >= 11 is 0. The maximum atomic E-state index is 13.5. The molecular weight excluding hydrogens is 211 g/mol. The number of hydrogen-bond donors (Lipinski definition) is 2. The molecule has 1 aromatic rings. The van der Waals surface area contributed by atoms with Crippen molar-refractivity contribution >= 4 is 0 Å². The Bertz CT molecular complexity index is 350. The predicted octanol–water partition coefficient (Wildman–Crippen LogP) is 2.03. The van der Waals surface area contributed by atoms with Crippen molar-refractivity contribution in [1.82, 2.24) is 0 Å². The molecule has 3 nitrogen and oxygen atoms in total. The van der Waals surface area contributed by atoms with Crippen LogP contribution in [0.2, 0.25) is 0 Å². The summed E-state index contributed by atoms with van der Waals surface area (Å²) in [5.74, 6) is -0.455. The molecule has 2 unspecified atom stereocenters. The Labute approximate surface area is 94.5 Å². The lowest BCUT2D eigenvalue weighted by atomic mass is 10.1. The standard InChI is InChI=1S/C12H17FO3/c1-7(14)9(3)16-12-5-4-10(8(2)15)6-11(12)13/h4-9,14-15H,1-3H3/t7?,8-,9?/m0/s1. The van der Waals surface area contributed by atoms with Crippen LogP contribution in [0.15, 0.2) is 18.2 Å². The van der Waals surface area contributed by atoms with Gasteiger partial charge in [0.15, 0.2) is 11.6 Å². The van der Waals surface area contributed by atoms with Gasteiger partial charge in [0, 0.05) is 0 Å². The highest BCUT2D eigenvalue weighted by atomic mass is 19.1. The molecule has 16 heavy (non-hydrogen) atoms. The third kappa shape index (κ3) is 3.18. The number of rotatable bonds is 4. The molecule has 2 N–H and O–H groups in total. The summed E-state index contributed by atoms with van der Waals surface area (Å²) in [6.45, 7) is 4.80. The third-order valence-corrected chi connectivity index (χ3v) is 2.43. The van der Waals surface area contributed by atoms with E-state index in [4.69, 9.17) is 4.74 Å². The summed E-state index contributed by atoms with van der Waals surface area (Å²) in [7, 11) is 0. The number of benzene rings is 1. The van der Waals surface area contributed by atoms with Gasteiger partial charge < -0.3 is 14.9 Å². The normalized spacial score (nSPS) is 16.6. The second-order valence-corrected chi connectivity index (χ2v) is 3.93. The van der Waals surface area contributed by atoms with E-state index < -0.39 is 24.1 Å². The number of halogens is 1. The summed E-state index contributed by atoms with van der Waals surface area (Å²) in [5, 5.41) is 18.5. The van der Waals surface area contributed by atoms with E-state index in [0.717, 1.165) is 0 Å². The highest BCUT2D eigenvalue weighted by molar-refractivity contribution is 5.30. The molecule has 0 aliphatic heterocycles. The SMILES string of the molecule is CC(O)C(C)Oc1ccc([C@H](C)O)cc1F. The highest BCUT2D eigenvalue weighted by Crippen LogP contribution is 2.23. The van der Waals surface area contributed by atoms with Crippen molar-refractivity contribution in [3.05, 3.63) is 29.6 Å². The summed E-state index contributed by atoms with van der Waals surface area (Å²) in [4.78, 5) is 0. The van der Waals surface area contributed by atoms with Crippen molar-refractivity contribution < 1.29 is 19.3 Å². The van der Waals surface area contributed by atoms with Crippen molar-refractivity contribution in [3.8, 4) is 5.75 Å². The first-order chi connectivity index (χ1) is 7.41. The second kappa shape index (κ2) is 5.27. The average Bonchev–Trinajstić information content (AvgIpc) is 2.20. The van der Waals surface area contributed by atoms with Crippen LogP contribution in [0.3, 0.4) is 0 Å². The summed E-state index contributed by atoms with van der Waals surface area (Å²) < 4.78 is 18.8. The van der Waals surface area contributed by atoms with Crippen LogP contribution < -0.4 is 4.74 Å². The van der Waals surface area contributed by atoms with Crippen molar-refractivity contribution in [2.45, 2.75) is 39.1 Å². The first kappa shape index (κ1) is 12.9. The molecule has 0 fully saturated rings. The molecule has 0 saturated carbocycles. The van der Waals surface area contributed by atoms with Gasteiger partial charge in [-0.2, -0.15) is 0 Å². The van der Waals surface area contributed by atoms with Gasteiger partial charge in [0.2, 0.25) is 0 Å². The molecule has 0 aliphatic carbocycles. The van der Waals surface area contributed by atoms with Gasteiger partial charge in [0.05, 0.1) is 12.2 Å². The third-order valence-electron chi connectivity index (χ3n) is 2.43. The zero-order valence-electron chi connectivity index (χ0n) is 9.64. The first-order valence-corrected chi connectivity index (χ1v) is 5.24. The van der Waals surface area contributed by atoms with Crippen molar-refractivity contribution in [2.75, 3.05) is 0 Å². The van der Waals surface area contributed by atoms with Crippen LogP contribution in [0.25, 0.3) is 0 Å². The molecular formula is C12H17FO3. The fourth-order valence-corrected chi connectivity index (χ4v) is 1.17. The van der Waals surface area contributed by atoms with E-state index in [0.29, 0.717) is 5.56 Å². The van der Waals surface area contributed by atoms with Crippen LogP contribution in [0, 0.1) is 5.82 Å². The molecule has 90 valence electrons. The van der Waals surface area contributed by atoms with Gasteiger partial charge in [-0.25, -0.2) is 4.39 Å². The maximum Gasteiger partial charge on any atom is 0.165 e. The minimum atomic E-state index is -0.710. The van der Waals surface area contributed by atoms with Gasteiger partial charge in [0.25, 0.3) is 0 Å². The second-order valence-electron chi connectivity index (χ2n) is 3.93. The lowest BCUT2D eigenvalue weighted by molar-refractivity contribution is 0.0578. The van der Waals surface area contributed by atoms with E-state index in [2.05, 4.69) is 0 Å². The molecule has 3 atom stereocenters. The molecule has 0 aromatic heterocycles. The number of ether oxygens (including phenoxy) is 1.